The number of nitrogens with one attached hydrogen (secondary N) is 1. The third-order valence-electron chi connectivity index (χ3n) is 5.00. The molecular weight excluding hydrogens is 296 g/mol. The fourth-order valence-electron chi connectivity index (χ4n) is 3.95. The second kappa shape index (κ2) is 7.02. The first-order valence-electron chi connectivity index (χ1n) is 8.55. The molecule has 5 nitrogen and oxygen atoms in total. The van der Waals surface area contributed by atoms with Crippen LogP contribution in [0.1, 0.15) is 51.8 Å². The number of thioether (sulfide) groups is 1. The van der Waals surface area contributed by atoms with Crippen LogP contribution in [0.5, 0.6) is 0 Å². The van der Waals surface area contributed by atoms with Crippen molar-refractivity contribution in [3.8, 4) is 0 Å². The molecular formula is C16H26N4OS. The van der Waals surface area contributed by atoms with E-state index in [0.29, 0.717) is 11.8 Å². The summed E-state index contributed by atoms with van der Waals surface area (Å²) in [5.41, 5.74) is 0. The minimum Gasteiger partial charge on any atom is -0.352 e. The first-order valence-corrected chi connectivity index (χ1v) is 9.54. The van der Waals surface area contributed by atoms with E-state index in [9.17, 15) is 4.79 Å². The number of carbonyl (C=O) groups excluding carboxylic acids is 1. The molecule has 1 N–H and O–H groups in total. The molecule has 22 heavy (non-hydrogen) atoms. The average molecular weight is 322 g/mol. The molecule has 2 fully saturated rings. The van der Waals surface area contributed by atoms with Crippen molar-refractivity contribution in [1.82, 2.24) is 20.1 Å². The fraction of sp³-hybridized carbons (Fsp3) is 0.812. The van der Waals surface area contributed by atoms with Crippen LogP contribution in [-0.2, 0) is 17.8 Å². The van der Waals surface area contributed by atoms with Crippen LogP contribution in [0, 0.1) is 11.8 Å². The first-order chi connectivity index (χ1) is 10.7. The summed E-state index contributed by atoms with van der Waals surface area (Å²) in [6, 6.07) is 0.423. The minimum absolute atomic E-state index is 0.144. The van der Waals surface area contributed by atoms with Gasteiger partial charge in [0.05, 0.1) is 5.75 Å². The van der Waals surface area contributed by atoms with Crippen molar-refractivity contribution < 1.29 is 4.79 Å². The van der Waals surface area contributed by atoms with Gasteiger partial charge >= 0.3 is 0 Å². The van der Waals surface area contributed by atoms with E-state index in [2.05, 4.69) is 33.9 Å². The summed E-state index contributed by atoms with van der Waals surface area (Å²) < 4.78 is 2.12. The molecule has 1 aromatic rings. The van der Waals surface area contributed by atoms with E-state index in [1.165, 1.54) is 37.4 Å². The number of fused-ring (bicyclic) bond motifs is 2. The van der Waals surface area contributed by atoms with Gasteiger partial charge in [0.1, 0.15) is 5.82 Å². The highest BCUT2D eigenvalue weighted by molar-refractivity contribution is 7.99. The molecule has 0 spiro atoms. The van der Waals surface area contributed by atoms with E-state index >= 15 is 0 Å². The SMILES string of the molecule is CCCc1nnc(SCC(=O)N[C@@H]2C[C@H]3CC[C@@H]2C3)n1CC. The summed E-state index contributed by atoms with van der Waals surface area (Å²) in [7, 11) is 0. The van der Waals surface area contributed by atoms with Crippen LogP contribution >= 0.6 is 11.8 Å². The third kappa shape index (κ3) is 3.31. The Morgan fingerprint density at radius 2 is 2.18 bits per heavy atom. The molecule has 0 unspecified atom stereocenters. The molecule has 2 aliphatic rings. The molecule has 6 heteroatoms. The number of hydrogen-bond donors (Lipinski definition) is 1. The molecule has 3 rings (SSSR count). The number of aromatic nitrogens is 3. The van der Waals surface area contributed by atoms with Gasteiger partial charge in [0, 0.05) is 19.0 Å². The molecule has 0 aromatic carbocycles. The van der Waals surface area contributed by atoms with Crippen molar-refractivity contribution in [1.29, 1.82) is 0 Å². The van der Waals surface area contributed by atoms with Crippen molar-refractivity contribution in [3.05, 3.63) is 5.82 Å². The molecule has 1 heterocycles. The van der Waals surface area contributed by atoms with Gasteiger partial charge in [0.15, 0.2) is 5.16 Å². The van der Waals surface area contributed by atoms with Gasteiger partial charge in [-0.3, -0.25) is 4.79 Å². The summed E-state index contributed by atoms with van der Waals surface area (Å²) in [6.45, 7) is 5.10. The predicted molar refractivity (Wildman–Crippen MR) is 87.8 cm³/mol. The van der Waals surface area contributed by atoms with Crippen LogP contribution in [0.25, 0.3) is 0 Å². The molecule has 2 aliphatic carbocycles. The first kappa shape index (κ1) is 15.8. The Hall–Kier alpha value is -1.04. The summed E-state index contributed by atoms with van der Waals surface area (Å²) in [5, 5.41) is 12.6. The maximum absolute atomic E-state index is 12.2. The highest BCUT2D eigenvalue weighted by Gasteiger charge is 2.40. The molecule has 0 aliphatic heterocycles. The van der Waals surface area contributed by atoms with Crippen LogP contribution in [-0.4, -0.2) is 32.5 Å². The highest BCUT2D eigenvalue weighted by atomic mass is 32.2. The smallest absolute Gasteiger partial charge is 0.230 e. The van der Waals surface area contributed by atoms with Crippen LogP contribution in [0.3, 0.4) is 0 Å². The Morgan fingerprint density at radius 1 is 1.32 bits per heavy atom. The van der Waals surface area contributed by atoms with Gasteiger partial charge in [-0.25, -0.2) is 0 Å². The summed E-state index contributed by atoms with van der Waals surface area (Å²) >= 11 is 1.51. The Balaban J connectivity index is 1.50. The monoisotopic (exact) mass is 322 g/mol. The second-order valence-corrected chi connectivity index (χ2v) is 7.47. The second-order valence-electron chi connectivity index (χ2n) is 6.53. The molecule has 3 atom stereocenters. The molecule has 2 bridgehead atoms. The summed E-state index contributed by atoms with van der Waals surface area (Å²) in [4.78, 5) is 12.2. The zero-order valence-corrected chi connectivity index (χ0v) is 14.4. The topological polar surface area (TPSA) is 59.8 Å². The largest absolute Gasteiger partial charge is 0.352 e. The highest BCUT2D eigenvalue weighted by Crippen LogP contribution is 2.44. The Morgan fingerprint density at radius 3 is 2.82 bits per heavy atom. The van der Waals surface area contributed by atoms with E-state index < -0.39 is 0 Å². The predicted octanol–water partition coefficient (Wildman–Crippen LogP) is 2.65. The number of aryl methyl sites for hydroxylation is 1. The van der Waals surface area contributed by atoms with Gasteiger partial charge in [0.2, 0.25) is 5.91 Å². The molecule has 0 radical (unpaired) electrons. The van der Waals surface area contributed by atoms with Crippen LogP contribution in [0.15, 0.2) is 5.16 Å². The van der Waals surface area contributed by atoms with Gasteiger partial charge in [-0.15, -0.1) is 10.2 Å². The van der Waals surface area contributed by atoms with E-state index in [-0.39, 0.29) is 5.91 Å². The van der Waals surface area contributed by atoms with Crippen LogP contribution in [0.2, 0.25) is 0 Å². The van der Waals surface area contributed by atoms with E-state index in [1.54, 1.807) is 0 Å². The van der Waals surface area contributed by atoms with Crippen LogP contribution in [0.4, 0.5) is 0 Å². The molecule has 1 aromatic heterocycles. The zero-order chi connectivity index (χ0) is 15.5. The molecule has 2 saturated carbocycles. The minimum atomic E-state index is 0.144. The van der Waals surface area contributed by atoms with E-state index in [4.69, 9.17) is 0 Å². The Bertz CT molecular complexity index is 530. The standard InChI is InChI=1S/C16H26N4OS/c1-3-5-14-18-19-16(20(14)4-2)22-10-15(21)17-13-9-11-6-7-12(13)8-11/h11-13H,3-10H2,1-2H3,(H,17,21)/t11-,12+,13+/m0/s1. The van der Waals surface area contributed by atoms with E-state index in [1.807, 2.05) is 0 Å². The van der Waals surface area contributed by atoms with Crippen LogP contribution < -0.4 is 5.32 Å². The lowest BCUT2D eigenvalue weighted by molar-refractivity contribution is -0.119. The maximum Gasteiger partial charge on any atom is 0.230 e. The van der Waals surface area contributed by atoms with Crippen molar-refractivity contribution in [2.24, 2.45) is 11.8 Å². The normalized spacial score (nSPS) is 26.5. The zero-order valence-electron chi connectivity index (χ0n) is 13.5. The quantitative estimate of drug-likeness (QED) is 0.784. The van der Waals surface area contributed by atoms with Crippen molar-refractivity contribution in [2.75, 3.05) is 5.75 Å². The fourth-order valence-corrected chi connectivity index (χ4v) is 4.78. The lowest BCUT2D eigenvalue weighted by Crippen LogP contribution is -2.39. The van der Waals surface area contributed by atoms with Gasteiger partial charge in [0.25, 0.3) is 0 Å². The van der Waals surface area contributed by atoms with Gasteiger partial charge < -0.3 is 9.88 Å². The number of nitrogens with zero attached hydrogens (tertiary/aromatic N) is 3. The van der Waals surface area contributed by atoms with Crippen molar-refractivity contribution in [3.63, 3.8) is 0 Å². The van der Waals surface area contributed by atoms with Gasteiger partial charge in [-0.1, -0.05) is 25.1 Å². The molecule has 1 amide bonds. The Labute approximate surface area is 136 Å². The van der Waals surface area contributed by atoms with E-state index in [0.717, 1.165) is 42.2 Å². The average Bonchev–Trinajstić information content (AvgIpc) is 3.20. The lowest BCUT2D eigenvalue weighted by atomic mass is 9.95. The summed E-state index contributed by atoms with van der Waals surface area (Å²) in [6.07, 6.45) is 7.18. The molecule has 0 saturated heterocycles. The van der Waals surface area contributed by atoms with Crippen molar-refractivity contribution >= 4 is 17.7 Å². The lowest BCUT2D eigenvalue weighted by Gasteiger charge is -2.22. The number of amides is 1. The third-order valence-corrected chi connectivity index (χ3v) is 5.97. The number of rotatable bonds is 7. The number of hydrogen-bond acceptors (Lipinski definition) is 4. The number of carbonyl (C=O) groups is 1. The molecule has 122 valence electrons. The Kier molecular flexibility index (Phi) is 5.06. The van der Waals surface area contributed by atoms with Gasteiger partial charge in [-0.2, -0.15) is 0 Å². The summed E-state index contributed by atoms with van der Waals surface area (Å²) in [5.74, 6) is 3.21. The van der Waals surface area contributed by atoms with Gasteiger partial charge in [-0.05, 0) is 44.4 Å². The van der Waals surface area contributed by atoms with Crippen molar-refractivity contribution in [2.45, 2.75) is 70.1 Å². The maximum atomic E-state index is 12.2.